The van der Waals surface area contributed by atoms with Crippen LogP contribution < -0.4 is 16.0 Å². The Bertz CT molecular complexity index is 689. The molecule has 0 unspecified atom stereocenters. The molecule has 0 saturated carbocycles. The van der Waals surface area contributed by atoms with E-state index >= 15 is 0 Å². The molecular weight excluding hydrogens is 377 g/mol. The molecule has 0 heterocycles. The Hall–Kier alpha value is -2.62. The second-order valence-electron chi connectivity index (χ2n) is 6.46. The zero-order chi connectivity index (χ0) is 20.4. The van der Waals surface area contributed by atoms with Gasteiger partial charge in [0.1, 0.15) is 5.82 Å². The molecule has 0 aliphatic rings. The molecule has 1 aromatic carbocycles. The number of benzene rings is 1. The molecule has 3 N–H and O–H groups in total. The molecule has 148 valence electrons. The summed E-state index contributed by atoms with van der Waals surface area (Å²) in [4.78, 5) is 46.2. The topological polar surface area (TPSA) is 114 Å². The Balaban J connectivity index is 2.19. The highest BCUT2D eigenvalue weighted by molar-refractivity contribution is 8.00. The highest BCUT2D eigenvalue weighted by atomic mass is 32.2. The van der Waals surface area contributed by atoms with E-state index in [0.717, 1.165) is 11.8 Å². The Morgan fingerprint density at radius 1 is 1.04 bits per heavy atom. The Kier molecular flexibility index (Phi) is 8.73. The zero-order valence-corrected chi connectivity index (χ0v) is 16.1. The largest absolute Gasteiger partial charge is 0.455 e. The van der Waals surface area contributed by atoms with Crippen LogP contribution in [0.4, 0.5) is 14.9 Å². The molecule has 0 fully saturated rings. The third kappa shape index (κ3) is 10.9. The Morgan fingerprint density at radius 2 is 1.67 bits per heavy atom. The summed E-state index contributed by atoms with van der Waals surface area (Å²) in [7, 11) is 0. The molecule has 10 heteroatoms. The van der Waals surface area contributed by atoms with Crippen LogP contribution in [-0.2, 0) is 19.1 Å². The number of rotatable bonds is 7. The van der Waals surface area contributed by atoms with E-state index < -0.39 is 35.9 Å². The number of imide groups is 1. The lowest BCUT2D eigenvalue weighted by Crippen LogP contribution is -2.49. The average Bonchev–Trinajstić information content (AvgIpc) is 2.53. The van der Waals surface area contributed by atoms with Crippen LogP contribution in [0.3, 0.4) is 0 Å². The smallest absolute Gasteiger partial charge is 0.321 e. The number of carbonyl (C=O) groups is 4. The number of hydrogen-bond acceptors (Lipinski definition) is 6. The number of amides is 4. The highest BCUT2D eigenvalue weighted by Gasteiger charge is 2.16. The van der Waals surface area contributed by atoms with Gasteiger partial charge in [-0.15, -0.1) is 11.8 Å². The fourth-order valence-electron chi connectivity index (χ4n) is 1.68. The van der Waals surface area contributed by atoms with Crippen LogP contribution in [0, 0.1) is 5.82 Å². The maximum absolute atomic E-state index is 12.8. The van der Waals surface area contributed by atoms with Crippen molar-refractivity contribution >= 4 is 41.3 Å². The summed E-state index contributed by atoms with van der Waals surface area (Å²) in [5, 5.41) is 7.11. The van der Waals surface area contributed by atoms with Gasteiger partial charge in [-0.3, -0.25) is 19.7 Å². The van der Waals surface area contributed by atoms with Crippen LogP contribution in [0.2, 0.25) is 0 Å². The van der Waals surface area contributed by atoms with E-state index in [4.69, 9.17) is 4.74 Å². The van der Waals surface area contributed by atoms with E-state index in [1.165, 1.54) is 24.3 Å². The van der Waals surface area contributed by atoms with Gasteiger partial charge in [0.05, 0.1) is 11.5 Å². The summed E-state index contributed by atoms with van der Waals surface area (Å²) in [6, 6.07) is 4.58. The van der Waals surface area contributed by atoms with Crippen molar-refractivity contribution in [1.29, 1.82) is 0 Å². The number of urea groups is 1. The first-order chi connectivity index (χ1) is 12.5. The standard InChI is InChI=1S/C17H22FN3O5S/c1-17(2,3)21-16(25)20-13(22)8-26-15(24)10-27-9-14(23)19-12-6-4-11(18)5-7-12/h4-7H,8-10H2,1-3H3,(H,19,23)(H2,20,21,22,25). The summed E-state index contributed by atoms with van der Waals surface area (Å²) in [5.74, 6) is -2.39. The minimum atomic E-state index is -0.760. The van der Waals surface area contributed by atoms with Gasteiger partial charge >= 0.3 is 12.0 Å². The van der Waals surface area contributed by atoms with Gasteiger partial charge in [-0.2, -0.15) is 0 Å². The third-order valence-corrected chi connectivity index (χ3v) is 3.59. The number of halogens is 1. The average molecular weight is 399 g/mol. The molecule has 0 radical (unpaired) electrons. The van der Waals surface area contributed by atoms with E-state index in [2.05, 4.69) is 10.6 Å². The van der Waals surface area contributed by atoms with Gasteiger partial charge in [-0.05, 0) is 45.0 Å². The number of anilines is 1. The van der Waals surface area contributed by atoms with Crippen LogP contribution in [0.1, 0.15) is 20.8 Å². The quantitative estimate of drug-likeness (QED) is 0.601. The molecule has 0 saturated heterocycles. The van der Waals surface area contributed by atoms with Crippen molar-refractivity contribution in [3.63, 3.8) is 0 Å². The number of nitrogens with one attached hydrogen (secondary N) is 3. The monoisotopic (exact) mass is 399 g/mol. The van der Waals surface area contributed by atoms with Crippen LogP contribution >= 0.6 is 11.8 Å². The van der Waals surface area contributed by atoms with Gasteiger partial charge in [0.15, 0.2) is 6.61 Å². The number of esters is 1. The zero-order valence-electron chi connectivity index (χ0n) is 15.3. The van der Waals surface area contributed by atoms with Crippen molar-refractivity contribution in [3.8, 4) is 0 Å². The van der Waals surface area contributed by atoms with Crippen molar-refractivity contribution in [2.45, 2.75) is 26.3 Å². The summed E-state index contributed by atoms with van der Waals surface area (Å²) < 4.78 is 17.5. The molecule has 0 spiro atoms. The predicted molar refractivity (Wildman–Crippen MR) is 99.7 cm³/mol. The molecule has 0 atom stereocenters. The molecule has 1 rings (SSSR count). The molecule has 0 aromatic heterocycles. The summed E-state index contributed by atoms with van der Waals surface area (Å²) in [6.07, 6.45) is 0. The highest BCUT2D eigenvalue weighted by Crippen LogP contribution is 2.09. The van der Waals surface area contributed by atoms with Crippen molar-refractivity contribution in [3.05, 3.63) is 30.1 Å². The molecule has 1 aromatic rings. The summed E-state index contributed by atoms with van der Waals surface area (Å²) in [5.41, 5.74) is -0.0682. The summed E-state index contributed by atoms with van der Waals surface area (Å²) >= 11 is 0.994. The summed E-state index contributed by atoms with van der Waals surface area (Å²) in [6.45, 7) is 4.65. The van der Waals surface area contributed by atoms with Crippen LogP contribution in [0.15, 0.2) is 24.3 Å². The lowest BCUT2D eigenvalue weighted by molar-refractivity contribution is -0.145. The predicted octanol–water partition coefficient (Wildman–Crippen LogP) is 1.66. The third-order valence-electron chi connectivity index (χ3n) is 2.69. The fraction of sp³-hybridized carbons (Fsp3) is 0.412. The van der Waals surface area contributed by atoms with Crippen molar-refractivity contribution in [2.24, 2.45) is 0 Å². The van der Waals surface area contributed by atoms with Crippen molar-refractivity contribution in [1.82, 2.24) is 10.6 Å². The van der Waals surface area contributed by atoms with Gasteiger partial charge < -0.3 is 15.4 Å². The fourth-order valence-corrected chi connectivity index (χ4v) is 2.29. The molecule has 0 aliphatic carbocycles. The number of ether oxygens (including phenoxy) is 1. The van der Waals surface area contributed by atoms with E-state index in [-0.39, 0.29) is 17.4 Å². The van der Waals surface area contributed by atoms with Gasteiger partial charge in [0.25, 0.3) is 5.91 Å². The maximum Gasteiger partial charge on any atom is 0.321 e. The minimum absolute atomic E-state index is 0.0212. The number of thioether (sulfide) groups is 1. The SMILES string of the molecule is CC(C)(C)NC(=O)NC(=O)COC(=O)CSCC(=O)Nc1ccc(F)cc1. The molecule has 27 heavy (non-hydrogen) atoms. The van der Waals surface area contributed by atoms with Crippen LogP contribution in [-0.4, -0.2) is 47.5 Å². The van der Waals surface area contributed by atoms with Gasteiger partial charge in [0, 0.05) is 11.2 Å². The lowest BCUT2D eigenvalue weighted by Gasteiger charge is -2.20. The first kappa shape index (κ1) is 22.4. The van der Waals surface area contributed by atoms with Gasteiger partial charge in [-0.25, -0.2) is 9.18 Å². The van der Waals surface area contributed by atoms with Crippen molar-refractivity contribution in [2.75, 3.05) is 23.4 Å². The number of hydrogen-bond donors (Lipinski definition) is 3. The Labute approximate surface area is 160 Å². The lowest BCUT2D eigenvalue weighted by atomic mass is 10.1. The van der Waals surface area contributed by atoms with Gasteiger partial charge in [0.2, 0.25) is 5.91 Å². The second kappa shape index (κ2) is 10.5. The van der Waals surface area contributed by atoms with Gasteiger partial charge in [-0.1, -0.05) is 0 Å². The van der Waals surface area contributed by atoms with Crippen molar-refractivity contribution < 1.29 is 28.3 Å². The molecule has 8 nitrogen and oxygen atoms in total. The van der Waals surface area contributed by atoms with E-state index in [0.29, 0.717) is 5.69 Å². The van der Waals surface area contributed by atoms with E-state index in [1.807, 2.05) is 5.32 Å². The van der Waals surface area contributed by atoms with E-state index in [9.17, 15) is 23.6 Å². The molecule has 0 bridgehead atoms. The normalized spacial score (nSPS) is 10.7. The van der Waals surface area contributed by atoms with Crippen LogP contribution in [0.5, 0.6) is 0 Å². The molecule has 4 amide bonds. The first-order valence-corrected chi connectivity index (χ1v) is 9.11. The maximum atomic E-state index is 12.8. The molecular formula is C17H22FN3O5S. The number of carbonyl (C=O) groups excluding carboxylic acids is 4. The van der Waals surface area contributed by atoms with E-state index in [1.54, 1.807) is 20.8 Å². The molecule has 0 aliphatic heterocycles. The Morgan fingerprint density at radius 3 is 2.26 bits per heavy atom. The second-order valence-corrected chi connectivity index (χ2v) is 7.45. The first-order valence-electron chi connectivity index (χ1n) is 7.96. The van der Waals surface area contributed by atoms with Crippen LogP contribution in [0.25, 0.3) is 0 Å². The minimum Gasteiger partial charge on any atom is -0.455 e.